The molecule has 1 saturated carbocycles. The minimum atomic E-state index is 0.567. The molecule has 1 aliphatic heterocycles. The molecule has 0 N–H and O–H groups in total. The molecule has 1 aliphatic carbocycles. The second-order valence-corrected chi connectivity index (χ2v) is 7.67. The van der Waals surface area contributed by atoms with Gasteiger partial charge in [-0.1, -0.05) is 22.9 Å². The number of hydrogen-bond donors (Lipinski definition) is 0. The van der Waals surface area contributed by atoms with E-state index in [9.17, 15) is 0 Å². The molecule has 2 aliphatic rings. The number of halogens is 1. The van der Waals surface area contributed by atoms with Crippen molar-refractivity contribution in [2.45, 2.75) is 18.8 Å². The van der Waals surface area contributed by atoms with E-state index in [4.69, 9.17) is 21.3 Å². The van der Waals surface area contributed by atoms with Gasteiger partial charge >= 0.3 is 0 Å². The number of methoxy groups -OCH3 is 1. The Balaban J connectivity index is 1.53. The highest BCUT2D eigenvalue weighted by Gasteiger charge is 2.29. The fourth-order valence-electron chi connectivity index (χ4n) is 3.07. The highest BCUT2D eigenvalue weighted by molar-refractivity contribution is 7.22. The lowest BCUT2D eigenvalue weighted by Crippen LogP contribution is -2.47. The summed E-state index contributed by atoms with van der Waals surface area (Å²) in [5, 5.41) is 1.70. The van der Waals surface area contributed by atoms with Crippen molar-refractivity contribution in [1.82, 2.24) is 14.9 Å². The average molecular weight is 353 g/mol. The van der Waals surface area contributed by atoms with E-state index < -0.39 is 0 Å². The molecule has 4 rings (SSSR count). The van der Waals surface area contributed by atoms with E-state index in [1.165, 1.54) is 17.5 Å². The van der Waals surface area contributed by atoms with Crippen molar-refractivity contribution >= 4 is 38.3 Å². The van der Waals surface area contributed by atoms with Crippen molar-refractivity contribution < 1.29 is 4.74 Å². The number of thiazole rings is 1. The van der Waals surface area contributed by atoms with Gasteiger partial charge in [0, 0.05) is 45.8 Å². The van der Waals surface area contributed by atoms with Gasteiger partial charge < -0.3 is 9.64 Å². The van der Waals surface area contributed by atoms with Crippen LogP contribution in [0.4, 0.5) is 5.13 Å². The van der Waals surface area contributed by atoms with Crippen LogP contribution in [0.1, 0.15) is 24.5 Å². The molecule has 23 heavy (non-hydrogen) atoms. The summed E-state index contributed by atoms with van der Waals surface area (Å²) in [6.07, 6.45) is 2.43. The predicted octanol–water partition coefficient (Wildman–Crippen LogP) is 2.99. The molecule has 2 aromatic heterocycles. The molecule has 2 aromatic rings. The van der Waals surface area contributed by atoms with Crippen molar-refractivity contribution in [3.05, 3.63) is 16.9 Å². The Labute approximate surface area is 145 Å². The highest BCUT2D eigenvalue weighted by atomic mass is 35.5. The van der Waals surface area contributed by atoms with Crippen molar-refractivity contribution in [1.29, 1.82) is 0 Å². The van der Waals surface area contributed by atoms with Gasteiger partial charge in [-0.2, -0.15) is 0 Å². The zero-order chi connectivity index (χ0) is 15.8. The Kier molecular flexibility index (Phi) is 4.41. The molecule has 7 heteroatoms. The monoisotopic (exact) mass is 352 g/mol. The van der Waals surface area contributed by atoms with Crippen molar-refractivity contribution in [2.24, 2.45) is 0 Å². The normalized spacial score (nSPS) is 19.7. The summed E-state index contributed by atoms with van der Waals surface area (Å²) in [5.41, 5.74) is 2.17. The van der Waals surface area contributed by atoms with Crippen molar-refractivity contribution in [3.63, 3.8) is 0 Å². The average Bonchev–Trinajstić information content (AvgIpc) is 3.32. The molecule has 5 nitrogen and oxygen atoms in total. The van der Waals surface area contributed by atoms with Gasteiger partial charge in [0.05, 0.1) is 17.0 Å². The Morgan fingerprint density at radius 1 is 1.26 bits per heavy atom. The van der Waals surface area contributed by atoms with Crippen LogP contribution in [0.25, 0.3) is 10.2 Å². The molecule has 0 unspecified atom stereocenters. The number of hydrogen-bond acceptors (Lipinski definition) is 6. The van der Waals surface area contributed by atoms with Crippen LogP contribution in [0.15, 0.2) is 6.07 Å². The zero-order valence-corrected chi connectivity index (χ0v) is 14.9. The molecule has 0 aromatic carbocycles. The second-order valence-electron chi connectivity index (χ2n) is 6.27. The summed E-state index contributed by atoms with van der Waals surface area (Å²) in [7, 11) is 1.76. The van der Waals surface area contributed by atoms with E-state index >= 15 is 0 Å². The van der Waals surface area contributed by atoms with Gasteiger partial charge in [0.1, 0.15) is 10.7 Å². The topological polar surface area (TPSA) is 41.5 Å². The first kappa shape index (κ1) is 15.6. The van der Waals surface area contributed by atoms with Gasteiger partial charge in [-0.15, -0.1) is 0 Å². The van der Waals surface area contributed by atoms with Crippen LogP contribution >= 0.6 is 22.9 Å². The largest absolute Gasteiger partial charge is 0.383 e. The van der Waals surface area contributed by atoms with E-state index in [0.717, 1.165) is 55.7 Å². The number of pyridine rings is 1. The number of anilines is 1. The molecule has 0 radical (unpaired) electrons. The van der Waals surface area contributed by atoms with E-state index in [2.05, 4.69) is 14.8 Å². The lowest BCUT2D eigenvalue weighted by molar-refractivity contribution is 0.144. The number of piperazine rings is 1. The third-order valence-corrected chi connectivity index (χ3v) is 5.84. The van der Waals surface area contributed by atoms with E-state index in [0.29, 0.717) is 11.1 Å². The Morgan fingerprint density at radius 3 is 2.74 bits per heavy atom. The number of nitrogens with zero attached hydrogens (tertiary/aromatic N) is 4. The molecule has 3 heterocycles. The predicted molar refractivity (Wildman–Crippen MR) is 94.9 cm³/mol. The molecular weight excluding hydrogens is 332 g/mol. The van der Waals surface area contributed by atoms with Crippen LogP contribution in [-0.4, -0.2) is 61.3 Å². The first-order valence-electron chi connectivity index (χ1n) is 8.18. The molecule has 0 atom stereocenters. The molecule has 0 bridgehead atoms. The first-order valence-corrected chi connectivity index (χ1v) is 9.37. The van der Waals surface area contributed by atoms with E-state index in [1.807, 2.05) is 6.07 Å². The van der Waals surface area contributed by atoms with Crippen LogP contribution in [0, 0.1) is 0 Å². The Bertz CT molecular complexity index is 695. The SMILES string of the molecule is COCCN1CCN(c2nc3c(C4CC4)nc(Cl)cc3s2)CC1. The van der Waals surface area contributed by atoms with E-state index in [-0.39, 0.29) is 0 Å². The summed E-state index contributed by atoms with van der Waals surface area (Å²) in [6, 6.07) is 1.96. The zero-order valence-electron chi connectivity index (χ0n) is 13.3. The maximum atomic E-state index is 6.19. The first-order chi connectivity index (χ1) is 11.2. The summed E-state index contributed by atoms with van der Waals surface area (Å²) in [4.78, 5) is 14.3. The maximum absolute atomic E-state index is 6.19. The van der Waals surface area contributed by atoms with Gasteiger partial charge in [-0.25, -0.2) is 9.97 Å². The summed E-state index contributed by atoms with van der Waals surface area (Å²) in [6.45, 7) is 5.97. The Hall–Kier alpha value is -0.950. The van der Waals surface area contributed by atoms with Gasteiger partial charge in [0.2, 0.25) is 0 Å². The summed E-state index contributed by atoms with van der Waals surface area (Å²) < 4.78 is 6.33. The van der Waals surface area contributed by atoms with Crippen LogP contribution in [0.2, 0.25) is 5.15 Å². The fourth-order valence-corrected chi connectivity index (χ4v) is 4.40. The third kappa shape index (κ3) is 3.31. The number of fused-ring (bicyclic) bond motifs is 1. The van der Waals surface area contributed by atoms with Crippen LogP contribution < -0.4 is 4.90 Å². The fraction of sp³-hybridized carbons (Fsp3) is 0.625. The van der Waals surface area contributed by atoms with Gasteiger partial charge in [-0.3, -0.25) is 4.90 Å². The van der Waals surface area contributed by atoms with Crippen molar-refractivity contribution in [3.8, 4) is 0 Å². The third-order valence-electron chi connectivity index (χ3n) is 4.58. The van der Waals surface area contributed by atoms with Crippen LogP contribution in [-0.2, 0) is 4.74 Å². The smallest absolute Gasteiger partial charge is 0.186 e. The number of aromatic nitrogens is 2. The molecule has 0 amide bonds. The molecule has 0 spiro atoms. The lowest BCUT2D eigenvalue weighted by Gasteiger charge is -2.34. The summed E-state index contributed by atoms with van der Waals surface area (Å²) >= 11 is 7.94. The van der Waals surface area contributed by atoms with Crippen LogP contribution in [0.5, 0.6) is 0 Å². The Morgan fingerprint density at radius 2 is 2.04 bits per heavy atom. The standard InChI is InChI=1S/C16H21ClN4OS/c1-22-9-8-20-4-6-21(7-5-20)16-19-15-12(23-16)10-13(17)18-14(15)11-2-3-11/h10-11H,2-9H2,1H3. The van der Waals surface area contributed by atoms with Crippen LogP contribution in [0.3, 0.4) is 0 Å². The summed E-state index contributed by atoms with van der Waals surface area (Å²) in [5.74, 6) is 0.567. The second kappa shape index (κ2) is 6.51. The maximum Gasteiger partial charge on any atom is 0.186 e. The number of rotatable bonds is 5. The minimum Gasteiger partial charge on any atom is -0.383 e. The van der Waals surface area contributed by atoms with Gasteiger partial charge in [-0.05, 0) is 18.9 Å². The molecular formula is C16H21ClN4OS. The van der Waals surface area contributed by atoms with Gasteiger partial charge in [0.25, 0.3) is 0 Å². The van der Waals surface area contributed by atoms with Gasteiger partial charge in [0.15, 0.2) is 5.13 Å². The highest BCUT2D eigenvalue weighted by Crippen LogP contribution is 2.44. The number of ether oxygens (including phenoxy) is 1. The molecule has 1 saturated heterocycles. The molecule has 124 valence electrons. The minimum absolute atomic E-state index is 0.567. The lowest BCUT2D eigenvalue weighted by atomic mass is 10.2. The molecule has 2 fully saturated rings. The van der Waals surface area contributed by atoms with Crippen molar-refractivity contribution in [2.75, 3.05) is 51.3 Å². The quantitative estimate of drug-likeness (QED) is 0.774. The van der Waals surface area contributed by atoms with E-state index in [1.54, 1.807) is 18.4 Å².